The molecule has 0 saturated heterocycles. The van der Waals surface area contributed by atoms with Gasteiger partial charge in [0.2, 0.25) is 5.82 Å². The molecule has 4 rings (SSSR count). The second kappa shape index (κ2) is 4.35. The van der Waals surface area contributed by atoms with Crippen LogP contribution in [0.25, 0.3) is 34.0 Å². The number of nitriles is 1. The number of furan rings is 1. The minimum Gasteiger partial charge on any atom is -0.453 e. The molecular formula is C15H8N4O2. The van der Waals surface area contributed by atoms with Crippen molar-refractivity contribution < 1.29 is 8.94 Å². The lowest BCUT2D eigenvalue weighted by Gasteiger charge is -1.85. The number of nitrogens with one attached hydrogen (secondary N) is 1. The molecule has 0 unspecified atom stereocenters. The highest BCUT2D eigenvalue weighted by Crippen LogP contribution is 2.27. The summed E-state index contributed by atoms with van der Waals surface area (Å²) in [6, 6.07) is 13.2. The summed E-state index contributed by atoms with van der Waals surface area (Å²) in [5.41, 5.74) is 1.88. The van der Waals surface area contributed by atoms with Crippen LogP contribution in [-0.4, -0.2) is 15.1 Å². The standard InChI is InChI=1S/C15H8N4O2/c16-7-11-5-10(8-17-11)15-18-14(19-21-15)13-6-9-3-1-2-4-12(9)20-13/h1-6,8,17H. The molecule has 3 aromatic heterocycles. The van der Waals surface area contributed by atoms with Gasteiger partial charge in [0, 0.05) is 11.6 Å². The lowest BCUT2D eigenvalue weighted by atomic mass is 10.2. The van der Waals surface area contributed by atoms with E-state index in [1.165, 1.54) is 0 Å². The Morgan fingerprint density at radius 1 is 1.19 bits per heavy atom. The number of fused-ring (bicyclic) bond motifs is 1. The van der Waals surface area contributed by atoms with Gasteiger partial charge in [-0.2, -0.15) is 10.2 Å². The van der Waals surface area contributed by atoms with Gasteiger partial charge in [0.25, 0.3) is 5.89 Å². The van der Waals surface area contributed by atoms with E-state index in [1.54, 1.807) is 12.3 Å². The summed E-state index contributed by atoms with van der Waals surface area (Å²) >= 11 is 0. The van der Waals surface area contributed by atoms with Crippen molar-refractivity contribution in [2.75, 3.05) is 0 Å². The Balaban J connectivity index is 1.75. The number of hydrogen-bond acceptors (Lipinski definition) is 5. The molecule has 0 aliphatic carbocycles. The van der Waals surface area contributed by atoms with Crippen LogP contribution in [0.15, 0.2) is 51.5 Å². The molecule has 1 N–H and O–H groups in total. The summed E-state index contributed by atoms with van der Waals surface area (Å²) in [5.74, 6) is 1.26. The lowest BCUT2D eigenvalue weighted by Crippen LogP contribution is -1.76. The topological polar surface area (TPSA) is 91.6 Å². The fraction of sp³-hybridized carbons (Fsp3) is 0. The number of aromatic nitrogens is 3. The van der Waals surface area contributed by atoms with E-state index >= 15 is 0 Å². The summed E-state index contributed by atoms with van der Waals surface area (Å²) < 4.78 is 10.9. The molecule has 0 saturated carbocycles. The SMILES string of the molecule is N#Cc1cc(-c2nc(-c3cc4ccccc4o3)no2)c[nH]1. The monoisotopic (exact) mass is 276 g/mol. The van der Waals surface area contributed by atoms with Crippen molar-refractivity contribution in [3.05, 3.63) is 48.3 Å². The van der Waals surface area contributed by atoms with Crippen molar-refractivity contribution in [2.24, 2.45) is 0 Å². The second-order valence-corrected chi connectivity index (χ2v) is 4.49. The number of H-pyrrole nitrogens is 1. The molecule has 0 aliphatic heterocycles. The predicted octanol–water partition coefficient (Wildman–Crippen LogP) is 3.35. The van der Waals surface area contributed by atoms with E-state index in [9.17, 15) is 0 Å². The first-order valence-corrected chi connectivity index (χ1v) is 6.25. The molecule has 0 radical (unpaired) electrons. The predicted molar refractivity (Wildman–Crippen MR) is 74.0 cm³/mol. The van der Waals surface area contributed by atoms with Gasteiger partial charge in [-0.25, -0.2) is 0 Å². The van der Waals surface area contributed by atoms with Gasteiger partial charge in [-0.3, -0.25) is 0 Å². The Kier molecular flexibility index (Phi) is 2.38. The Morgan fingerprint density at radius 2 is 2.10 bits per heavy atom. The Labute approximate surface area is 118 Å². The molecular weight excluding hydrogens is 268 g/mol. The molecule has 0 spiro atoms. The van der Waals surface area contributed by atoms with Crippen molar-refractivity contribution in [3.63, 3.8) is 0 Å². The third kappa shape index (κ3) is 1.88. The molecule has 100 valence electrons. The Hall–Kier alpha value is -3.33. The fourth-order valence-corrected chi connectivity index (χ4v) is 2.12. The first-order valence-electron chi connectivity index (χ1n) is 6.25. The van der Waals surface area contributed by atoms with Crippen molar-refractivity contribution in [2.45, 2.75) is 0 Å². The van der Waals surface area contributed by atoms with E-state index in [4.69, 9.17) is 14.2 Å². The summed E-state index contributed by atoms with van der Waals surface area (Å²) in [6.07, 6.45) is 1.65. The molecule has 3 heterocycles. The van der Waals surface area contributed by atoms with Crippen LogP contribution in [0.3, 0.4) is 0 Å². The second-order valence-electron chi connectivity index (χ2n) is 4.49. The summed E-state index contributed by atoms with van der Waals surface area (Å²) in [4.78, 5) is 7.10. The molecule has 4 aromatic rings. The quantitative estimate of drug-likeness (QED) is 0.606. The molecule has 0 atom stereocenters. The molecule has 6 heteroatoms. The van der Waals surface area contributed by atoms with Gasteiger partial charge in [0.15, 0.2) is 5.76 Å². The highest BCUT2D eigenvalue weighted by atomic mass is 16.5. The maximum atomic E-state index is 8.80. The minimum atomic E-state index is 0.336. The summed E-state index contributed by atoms with van der Waals surface area (Å²) in [7, 11) is 0. The summed E-state index contributed by atoms with van der Waals surface area (Å²) in [5, 5.41) is 13.7. The third-order valence-corrected chi connectivity index (χ3v) is 3.12. The zero-order valence-electron chi connectivity index (χ0n) is 10.7. The third-order valence-electron chi connectivity index (χ3n) is 3.12. The van der Waals surface area contributed by atoms with Crippen LogP contribution in [0, 0.1) is 11.3 Å². The molecule has 0 aliphatic rings. The van der Waals surface area contributed by atoms with Crippen LogP contribution in [-0.2, 0) is 0 Å². The van der Waals surface area contributed by atoms with E-state index in [1.807, 2.05) is 36.4 Å². The number of rotatable bonds is 2. The maximum absolute atomic E-state index is 8.80. The normalized spacial score (nSPS) is 10.8. The summed E-state index contributed by atoms with van der Waals surface area (Å²) in [6.45, 7) is 0. The van der Waals surface area contributed by atoms with E-state index in [2.05, 4.69) is 15.1 Å². The van der Waals surface area contributed by atoms with Crippen LogP contribution in [0.2, 0.25) is 0 Å². The van der Waals surface area contributed by atoms with Gasteiger partial charge in [-0.1, -0.05) is 23.4 Å². The maximum Gasteiger partial charge on any atom is 0.259 e. The van der Waals surface area contributed by atoms with Crippen LogP contribution in [0.1, 0.15) is 5.69 Å². The van der Waals surface area contributed by atoms with Gasteiger partial charge >= 0.3 is 0 Å². The number of para-hydroxylation sites is 1. The average molecular weight is 276 g/mol. The van der Waals surface area contributed by atoms with Crippen LogP contribution in [0.4, 0.5) is 0 Å². The molecule has 0 fully saturated rings. The van der Waals surface area contributed by atoms with Crippen molar-refractivity contribution >= 4 is 11.0 Å². The minimum absolute atomic E-state index is 0.336. The average Bonchev–Trinajstić information content (AvgIpc) is 3.24. The number of hydrogen-bond donors (Lipinski definition) is 1. The number of nitrogens with zero attached hydrogens (tertiary/aromatic N) is 3. The van der Waals surface area contributed by atoms with E-state index in [-0.39, 0.29) is 0 Å². The largest absolute Gasteiger partial charge is 0.453 e. The van der Waals surface area contributed by atoms with Crippen molar-refractivity contribution in [1.82, 2.24) is 15.1 Å². The zero-order chi connectivity index (χ0) is 14.2. The number of benzene rings is 1. The van der Waals surface area contributed by atoms with Gasteiger partial charge in [-0.15, -0.1) is 0 Å². The molecule has 1 aromatic carbocycles. The Bertz CT molecular complexity index is 938. The van der Waals surface area contributed by atoms with Gasteiger partial charge < -0.3 is 13.9 Å². The van der Waals surface area contributed by atoms with Crippen molar-refractivity contribution in [1.29, 1.82) is 5.26 Å². The van der Waals surface area contributed by atoms with Crippen LogP contribution in [0.5, 0.6) is 0 Å². The van der Waals surface area contributed by atoms with E-state index in [0.29, 0.717) is 28.7 Å². The lowest BCUT2D eigenvalue weighted by molar-refractivity contribution is 0.430. The highest BCUT2D eigenvalue weighted by Gasteiger charge is 2.15. The van der Waals surface area contributed by atoms with E-state index in [0.717, 1.165) is 11.0 Å². The fourth-order valence-electron chi connectivity index (χ4n) is 2.12. The number of aromatic amines is 1. The smallest absolute Gasteiger partial charge is 0.259 e. The highest BCUT2D eigenvalue weighted by molar-refractivity contribution is 5.81. The van der Waals surface area contributed by atoms with Crippen LogP contribution >= 0.6 is 0 Å². The first kappa shape index (κ1) is 11.5. The first-order chi connectivity index (χ1) is 10.3. The van der Waals surface area contributed by atoms with Gasteiger partial charge in [0.05, 0.1) is 5.56 Å². The van der Waals surface area contributed by atoms with Crippen LogP contribution < -0.4 is 0 Å². The molecule has 21 heavy (non-hydrogen) atoms. The Morgan fingerprint density at radius 3 is 2.90 bits per heavy atom. The van der Waals surface area contributed by atoms with Crippen molar-refractivity contribution in [3.8, 4) is 29.1 Å². The molecule has 6 nitrogen and oxygen atoms in total. The van der Waals surface area contributed by atoms with Gasteiger partial charge in [0.1, 0.15) is 17.3 Å². The molecule has 0 amide bonds. The zero-order valence-corrected chi connectivity index (χ0v) is 10.7. The van der Waals surface area contributed by atoms with Gasteiger partial charge in [-0.05, 0) is 18.2 Å². The van der Waals surface area contributed by atoms with E-state index < -0.39 is 0 Å². The molecule has 0 bridgehead atoms.